The first kappa shape index (κ1) is 13.1. The molecule has 19 heavy (non-hydrogen) atoms. The minimum atomic E-state index is -3.75. The van der Waals surface area contributed by atoms with E-state index < -0.39 is 10.0 Å². The van der Waals surface area contributed by atoms with Gasteiger partial charge in [0.2, 0.25) is 0 Å². The number of aromatic nitrogens is 4. The summed E-state index contributed by atoms with van der Waals surface area (Å²) in [6.45, 7) is 2.54. The molecule has 8 nitrogen and oxygen atoms in total. The van der Waals surface area contributed by atoms with Crippen LogP contribution in [-0.4, -0.2) is 35.1 Å². The summed E-state index contributed by atoms with van der Waals surface area (Å²) in [5.41, 5.74) is 0. The van der Waals surface area contributed by atoms with Crippen molar-refractivity contribution in [1.82, 2.24) is 20.2 Å². The summed E-state index contributed by atoms with van der Waals surface area (Å²) in [7, 11) is -3.75. The number of rotatable bonds is 5. The van der Waals surface area contributed by atoms with Crippen molar-refractivity contribution in [3.63, 3.8) is 0 Å². The van der Waals surface area contributed by atoms with Gasteiger partial charge in [-0.2, -0.15) is 5.10 Å². The molecule has 0 saturated heterocycles. The summed E-state index contributed by atoms with van der Waals surface area (Å²) in [6, 6.07) is 2.82. The fourth-order valence-corrected chi connectivity index (χ4v) is 2.29. The van der Waals surface area contributed by atoms with Crippen LogP contribution < -0.4 is 10.0 Å². The molecule has 0 bridgehead atoms. The van der Waals surface area contributed by atoms with Crippen molar-refractivity contribution >= 4 is 21.8 Å². The lowest BCUT2D eigenvalue weighted by atomic mass is 10.4. The quantitative estimate of drug-likeness (QED) is 0.820. The van der Waals surface area contributed by atoms with Gasteiger partial charge in [-0.05, 0) is 13.0 Å². The van der Waals surface area contributed by atoms with E-state index in [1.165, 1.54) is 30.7 Å². The van der Waals surface area contributed by atoms with E-state index in [4.69, 9.17) is 0 Å². The van der Waals surface area contributed by atoms with Crippen molar-refractivity contribution in [3.05, 3.63) is 30.7 Å². The third-order valence-corrected chi connectivity index (χ3v) is 3.43. The monoisotopic (exact) mass is 280 g/mol. The van der Waals surface area contributed by atoms with Crippen LogP contribution in [-0.2, 0) is 10.0 Å². The van der Waals surface area contributed by atoms with Crippen molar-refractivity contribution in [1.29, 1.82) is 0 Å². The number of hydrogen-bond donors (Lipinski definition) is 2. The van der Waals surface area contributed by atoms with Gasteiger partial charge in [-0.3, -0.25) is 0 Å². The number of sulfonamides is 1. The molecule has 0 radical (unpaired) electrons. The molecule has 0 aliphatic rings. The van der Waals surface area contributed by atoms with Crippen LogP contribution in [0.2, 0.25) is 0 Å². The molecule has 0 spiro atoms. The van der Waals surface area contributed by atoms with Gasteiger partial charge in [0.05, 0.1) is 17.3 Å². The second-order valence-corrected chi connectivity index (χ2v) is 5.16. The second kappa shape index (κ2) is 5.57. The predicted molar refractivity (Wildman–Crippen MR) is 69.0 cm³/mol. The third kappa shape index (κ3) is 3.35. The predicted octanol–water partition coefficient (Wildman–Crippen LogP) is 0.499. The summed E-state index contributed by atoms with van der Waals surface area (Å²) in [6.07, 6.45) is 4.12. The van der Waals surface area contributed by atoms with Crippen molar-refractivity contribution in [3.8, 4) is 0 Å². The molecule has 0 fully saturated rings. The Morgan fingerprint density at radius 1 is 1.21 bits per heavy atom. The standard InChI is InChI=1S/C10H12N6O2S/c1-2-11-9-7-8(3-4-12-9)19(17,18)16-10-13-5-6-14-15-10/h3-7H,2H2,1H3,(H,11,12)(H,13,15,16). The SMILES string of the molecule is CCNc1cc(S(=O)(=O)Nc2nccnn2)ccn1. The highest BCUT2D eigenvalue weighted by atomic mass is 32.2. The van der Waals surface area contributed by atoms with Gasteiger partial charge >= 0.3 is 0 Å². The molecule has 0 atom stereocenters. The number of anilines is 2. The third-order valence-electron chi connectivity index (χ3n) is 2.11. The van der Waals surface area contributed by atoms with E-state index in [0.29, 0.717) is 12.4 Å². The Morgan fingerprint density at radius 2 is 2.05 bits per heavy atom. The van der Waals surface area contributed by atoms with E-state index in [2.05, 4.69) is 30.2 Å². The molecule has 100 valence electrons. The molecule has 2 aromatic heterocycles. The first-order chi connectivity index (χ1) is 9.12. The Morgan fingerprint density at radius 3 is 2.74 bits per heavy atom. The van der Waals surface area contributed by atoms with E-state index in [1.807, 2.05) is 6.92 Å². The first-order valence-corrected chi connectivity index (χ1v) is 6.96. The minimum absolute atomic E-state index is 0.0749. The van der Waals surface area contributed by atoms with Crippen LogP contribution in [0.5, 0.6) is 0 Å². The van der Waals surface area contributed by atoms with Crippen LogP contribution in [0.3, 0.4) is 0 Å². The lowest BCUT2D eigenvalue weighted by Gasteiger charge is -2.07. The van der Waals surface area contributed by atoms with Gasteiger partial charge < -0.3 is 5.32 Å². The molecule has 2 aromatic rings. The molecule has 2 N–H and O–H groups in total. The van der Waals surface area contributed by atoms with Crippen LogP contribution >= 0.6 is 0 Å². The van der Waals surface area contributed by atoms with E-state index in [-0.39, 0.29) is 10.8 Å². The van der Waals surface area contributed by atoms with Crippen LogP contribution in [0, 0.1) is 0 Å². The first-order valence-electron chi connectivity index (χ1n) is 5.48. The number of hydrogen-bond acceptors (Lipinski definition) is 7. The van der Waals surface area contributed by atoms with E-state index >= 15 is 0 Å². The highest BCUT2D eigenvalue weighted by Gasteiger charge is 2.16. The van der Waals surface area contributed by atoms with Crippen molar-refractivity contribution in [2.45, 2.75) is 11.8 Å². The molecule has 0 unspecified atom stereocenters. The fourth-order valence-electron chi connectivity index (χ4n) is 1.33. The number of nitrogens with one attached hydrogen (secondary N) is 2. The summed E-state index contributed by atoms with van der Waals surface area (Å²) in [5.74, 6) is 0.404. The lowest BCUT2D eigenvalue weighted by molar-refractivity contribution is 0.600. The molecular weight excluding hydrogens is 268 g/mol. The van der Waals surface area contributed by atoms with Crippen LogP contribution in [0.15, 0.2) is 35.6 Å². The van der Waals surface area contributed by atoms with Gasteiger partial charge in [0.15, 0.2) is 0 Å². The minimum Gasteiger partial charge on any atom is -0.370 e. The number of nitrogens with zero attached hydrogens (tertiary/aromatic N) is 4. The Hall–Kier alpha value is -2.29. The van der Waals surface area contributed by atoms with Crippen LogP contribution in [0.4, 0.5) is 11.8 Å². The zero-order valence-electron chi connectivity index (χ0n) is 10.1. The van der Waals surface area contributed by atoms with Gasteiger partial charge in [-0.25, -0.2) is 23.1 Å². The van der Waals surface area contributed by atoms with Crippen molar-refractivity contribution in [2.75, 3.05) is 16.6 Å². The fraction of sp³-hybridized carbons (Fsp3) is 0.200. The maximum Gasteiger partial charge on any atom is 0.264 e. The highest BCUT2D eigenvalue weighted by Crippen LogP contribution is 2.14. The van der Waals surface area contributed by atoms with Gasteiger partial charge in [-0.15, -0.1) is 5.10 Å². The summed E-state index contributed by atoms with van der Waals surface area (Å²) < 4.78 is 26.4. The maximum absolute atomic E-state index is 12.1. The average Bonchev–Trinajstić information content (AvgIpc) is 2.40. The normalized spacial score (nSPS) is 11.0. The lowest BCUT2D eigenvalue weighted by Crippen LogP contribution is -2.15. The average molecular weight is 280 g/mol. The molecule has 0 aliphatic carbocycles. The molecule has 9 heteroatoms. The van der Waals surface area contributed by atoms with Crippen LogP contribution in [0.1, 0.15) is 6.92 Å². The zero-order valence-corrected chi connectivity index (χ0v) is 10.9. The molecule has 2 rings (SSSR count). The Bertz CT molecular complexity index is 646. The Labute approximate surface area is 110 Å². The number of pyridine rings is 1. The van der Waals surface area contributed by atoms with Gasteiger partial charge in [0, 0.05) is 18.8 Å². The van der Waals surface area contributed by atoms with Crippen LogP contribution in [0.25, 0.3) is 0 Å². The Kier molecular flexibility index (Phi) is 3.85. The topological polar surface area (TPSA) is 110 Å². The highest BCUT2D eigenvalue weighted by molar-refractivity contribution is 7.92. The smallest absolute Gasteiger partial charge is 0.264 e. The van der Waals surface area contributed by atoms with Gasteiger partial charge in [-0.1, -0.05) is 0 Å². The molecule has 0 saturated carbocycles. The van der Waals surface area contributed by atoms with Crippen molar-refractivity contribution in [2.24, 2.45) is 0 Å². The largest absolute Gasteiger partial charge is 0.370 e. The summed E-state index contributed by atoms with van der Waals surface area (Å²) >= 11 is 0. The molecule has 0 aromatic carbocycles. The van der Waals surface area contributed by atoms with E-state index in [9.17, 15) is 8.42 Å². The molecule has 0 aliphatic heterocycles. The Balaban J connectivity index is 2.27. The zero-order chi connectivity index (χ0) is 13.7. The van der Waals surface area contributed by atoms with E-state index in [0.717, 1.165) is 0 Å². The second-order valence-electron chi connectivity index (χ2n) is 3.48. The molecular formula is C10H12N6O2S. The molecule has 0 amide bonds. The van der Waals surface area contributed by atoms with Gasteiger partial charge in [0.25, 0.3) is 16.0 Å². The van der Waals surface area contributed by atoms with Gasteiger partial charge in [0.1, 0.15) is 5.82 Å². The van der Waals surface area contributed by atoms with Crippen molar-refractivity contribution < 1.29 is 8.42 Å². The molecule has 2 heterocycles. The van der Waals surface area contributed by atoms with E-state index in [1.54, 1.807) is 0 Å². The summed E-state index contributed by atoms with van der Waals surface area (Å²) in [4.78, 5) is 7.83. The summed E-state index contributed by atoms with van der Waals surface area (Å²) in [5, 5.41) is 10.0. The maximum atomic E-state index is 12.1.